The molecule has 184 valence electrons. The highest BCUT2D eigenvalue weighted by atomic mass is 16.5. The molecule has 1 aromatic rings. The van der Waals surface area contributed by atoms with E-state index in [0.717, 1.165) is 38.9 Å². The quantitative estimate of drug-likeness (QED) is 0.738. The van der Waals surface area contributed by atoms with Crippen molar-refractivity contribution in [3.63, 3.8) is 0 Å². The SMILES string of the molecule is CCOc1ccccc1NC(=O)N1CCN(C(=O)N2C[C@H]3C[C@@H](C2)[C@H]2CCCC(=O)N2C3)CC1. The summed E-state index contributed by atoms with van der Waals surface area (Å²) in [6, 6.07) is 7.62. The van der Waals surface area contributed by atoms with Crippen LogP contribution in [0.5, 0.6) is 5.75 Å². The van der Waals surface area contributed by atoms with E-state index in [1.165, 1.54) is 0 Å². The molecule has 0 saturated carbocycles. The number of carbonyl (C=O) groups is 3. The lowest BCUT2D eigenvalue weighted by Crippen LogP contribution is -2.63. The molecule has 0 aliphatic carbocycles. The van der Waals surface area contributed by atoms with E-state index >= 15 is 0 Å². The number of nitrogens with zero attached hydrogens (tertiary/aromatic N) is 4. The van der Waals surface area contributed by atoms with E-state index in [0.29, 0.717) is 74.4 Å². The average molecular weight is 470 g/mol. The number of hydrogen-bond donors (Lipinski definition) is 1. The summed E-state index contributed by atoms with van der Waals surface area (Å²) >= 11 is 0. The number of anilines is 1. The summed E-state index contributed by atoms with van der Waals surface area (Å²) in [6.45, 7) is 6.74. The molecule has 0 radical (unpaired) electrons. The minimum atomic E-state index is -0.172. The monoisotopic (exact) mass is 469 g/mol. The Morgan fingerprint density at radius 2 is 1.79 bits per heavy atom. The maximum Gasteiger partial charge on any atom is 0.322 e. The number of piperazine rings is 1. The summed E-state index contributed by atoms with van der Waals surface area (Å²) in [5.74, 6) is 1.71. The van der Waals surface area contributed by atoms with Crippen LogP contribution < -0.4 is 10.1 Å². The number of urea groups is 2. The van der Waals surface area contributed by atoms with Gasteiger partial charge in [0.05, 0.1) is 12.3 Å². The van der Waals surface area contributed by atoms with E-state index < -0.39 is 0 Å². The lowest BCUT2D eigenvalue weighted by atomic mass is 9.76. The zero-order valence-electron chi connectivity index (χ0n) is 19.9. The fourth-order valence-electron chi connectivity index (χ4n) is 6.11. The summed E-state index contributed by atoms with van der Waals surface area (Å²) in [6.07, 6.45) is 3.82. The van der Waals surface area contributed by atoms with Crippen LogP contribution in [-0.2, 0) is 4.79 Å². The molecule has 4 fully saturated rings. The molecule has 1 aromatic carbocycles. The predicted molar refractivity (Wildman–Crippen MR) is 128 cm³/mol. The van der Waals surface area contributed by atoms with Gasteiger partial charge < -0.3 is 29.7 Å². The highest BCUT2D eigenvalue weighted by molar-refractivity contribution is 5.91. The number of amides is 5. The second-order valence-corrected chi connectivity index (χ2v) is 9.89. The molecule has 1 N–H and O–H groups in total. The van der Waals surface area contributed by atoms with Gasteiger partial charge in [0.15, 0.2) is 0 Å². The Hall–Kier alpha value is -2.97. The number of ether oxygens (including phenoxy) is 1. The lowest BCUT2D eigenvalue weighted by molar-refractivity contribution is -0.144. The van der Waals surface area contributed by atoms with Crippen molar-refractivity contribution >= 4 is 23.7 Å². The van der Waals surface area contributed by atoms with Crippen molar-refractivity contribution in [3.8, 4) is 5.75 Å². The molecule has 9 heteroatoms. The van der Waals surface area contributed by atoms with E-state index in [9.17, 15) is 14.4 Å². The Kier molecular flexibility index (Phi) is 6.52. The molecule has 4 heterocycles. The zero-order valence-corrected chi connectivity index (χ0v) is 19.9. The van der Waals surface area contributed by atoms with Gasteiger partial charge in [-0.2, -0.15) is 0 Å². The Morgan fingerprint density at radius 3 is 2.59 bits per heavy atom. The van der Waals surface area contributed by atoms with Crippen molar-refractivity contribution in [2.45, 2.75) is 38.6 Å². The van der Waals surface area contributed by atoms with Crippen LogP contribution in [0, 0.1) is 11.8 Å². The van der Waals surface area contributed by atoms with Crippen molar-refractivity contribution < 1.29 is 19.1 Å². The smallest absolute Gasteiger partial charge is 0.322 e. The number of rotatable bonds is 3. The van der Waals surface area contributed by atoms with Crippen LogP contribution in [0.2, 0.25) is 0 Å². The molecule has 9 nitrogen and oxygen atoms in total. The van der Waals surface area contributed by atoms with E-state index in [4.69, 9.17) is 4.74 Å². The van der Waals surface area contributed by atoms with Gasteiger partial charge >= 0.3 is 12.1 Å². The summed E-state index contributed by atoms with van der Waals surface area (Å²) in [5, 5.41) is 2.95. The Balaban J connectivity index is 1.14. The standard InChI is InChI=1S/C25H35N5O4/c1-2-34-22-8-4-3-6-20(22)26-24(32)27-10-12-28(13-11-27)25(33)29-15-18-14-19(17-29)21-7-5-9-23(31)30(21)16-18/h3-4,6,8,18-19,21H,2,5,7,9-17H2,1H3,(H,26,32)/t18-,19+,21-/m1/s1. The third-order valence-electron chi connectivity index (χ3n) is 7.72. The number of fused-ring (bicyclic) bond motifs is 4. The first-order valence-corrected chi connectivity index (χ1v) is 12.6. The number of likely N-dealkylation sites (tertiary alicyclic amines) is 1. The maximum atomic E-state index is 13.3. The highest BCUT2D eigenvalue weighted by Gasteiger charge is 2.45. The molecule has 4 saturated heterocycles. The predicted octanol–water partition coefficient (Wildman–Crippen LogP) is 2.69. The van der Waals surface area contributed by atoms with Crippen LogP contribution >= 0.6 is 0 Å². The van der Waals surface area contributed by atoms with Gasteiger partial charge in [0.2, 0.25) is 5.91 Å². The fourth-order valence-corrected chi connectivity index (χ4v) is 6.11. The van der Waals surface area contributed by atoms with Gasteiger partial charge in [-0.05, 0) is 50.2 Å². The highest BCUT2D eigenvalue weighted by Crippen LogP contribution is 2.38. The molecule has 5 rings (SSSR count). The van der Waals surface area contributed by atoms with Crippen LogP contribution in [0.1, 0.15) is 32.6 Å². The molecule has 0 aromatic heterocycles. The number of hydrogen-bond acceptors (Lipinski definition) is 4. The zero-order chi connectivity index (χ0) is 23.7. The molecule has 2 bridgehead atoms. The molecule has 34 heavy (non-hydrogen) atoms. The van der Waals surface area contributed by atoms with Gasteiger partial charge in [0.1, 0.15) is 5.75 Å². The van der Waals surface area contributed by atoms with Crippen molar-refractivity contribution in [2.24, 2.45) is 11.8 Å². The number of para-hydroxylation sites is 2. The first-order valence-electron chi connectivity index (χ1n) is 12.6. The lowest BCUT2D eigenvalue weighted by Gasteiger charge is -2.53. The Labute approximate surface area is 201 Å². The van der Waals surface area contributed by atoms with Gasteiger partial charge in [-0.25, -0.2) is 9.59 Å². The Morgan fingerprint density at radius 1 is 1.03 bits per heavy atom. The first kappa shape index (κ1) is 22.8. The summed E-state index contributed by atoms with van der Waals surface area (Å²) < 4.78 is 5.60. The van der Waals surface area contributed by atoms with Crippen molar-refractivity contribution in [1.82, 2.24) is 19.6 Å². The van der Waals surface area contributed by atoms with Gasteiger partial charge in [-0.15, -0.1) is 0 Å². The molecule has 4 aliphatic rings. The third kappa shape index (κ3) is 4.52. The van der Waals surface area contributed by atoms with Crippen LogP contribution in [0.15, 0.2) is 24.3 Å². The Bertz CT molecular complexity index is 932. The minimum absolute atomic E-state index is 0.0760. The number of benzene rings is 1. The second kappa shape index (κ2) is 9.72. The van der Waals surface area contributed by atoms with E-state index in [1.54, 1.807) is 4.90 Å². The maximum absolute atomic E-state index is 13.3. The van der Waals surface area contributed by atoms with Crippen molar-refractivity contribution in [2.75, 3.05) is 57.7 Å². The molecular weight excluding hydrogens is 434 g/mol. The molecular formula is C25H35N5O4. The normalized spacial score (nSPS) is 26.7. The van der Waals surface area contributed by atoms with E-state index in [-0.39, 0.29) is 12.1 Å². The second-order valence-electron chi connectivity index (χ2n) is 9.89. The van der Waals surface area contributed by atoms with Gasteiger partial charge in [0, 0.05) is 58.3 Å². The first-order chi connectivity index (χ1) is 16.5. The number of carbonyl (C=O) groups excluding carboxylic acids is 3. The number of nitrogens with one attached hydrogen (secondary N) is 1. The molecule has 0 unspecified atom stereocenters. The summed E-state index contributed by atoms with van der Waals surface area (Å²) in [5.41, 5.74) is 0.656. The molecule has 0 spiro atoms. The fraction of sp³-hybridized carbons (Fsp3) is 0.640. The van der Waals surface area contributed by atoms with E-state index in [1.807, 2.05) is 41.0 Å². The minimum Gasteiger partial charge on any atom is -0.492 e. The topological polar surface area (TPSA) is 85.4 Å². The van der Waals surface area contributed by atoms with Gasteiger partial charge in [-0.1, -0.05) is 12.1 Å². The van der Waals surface area contributed by atoms with Crippen LogP contribution in [0.3, 0.4) is 0 Å². The largest absolute Gasteiger partial charge is 0.492 e. The third-order valence-corrected chi connectivity index (χ3v) is 7.72. The summed E-state index contributed by atoms with van der Waals surface area (Å²) in [7, 11) is 0. The van der Waals surface area contributed by atoms with Gasteiger partial charge in [0.25, 0.3) is 0 Å². The molecule has 4 aliphatic heterocycles. The van der Waals surface area contributed by atoms with Crippen LogP contribution in [-0.4, -0.2) is 96.0 Å². The van der Waals surface area contributed by atoms with E-state index in [2.05, 4.69) is 10.2 Å². The number of piperidine rings is 3. The molecule has 5 amide bonds. The molecule has 3 atom stereocenters. The van der Waals surface area contributed by atoms with Crippen LogP contribution in [0.25, 0.3) is 0 Å². The van der Waals surface area contributed by atoms with Crippen molar-refractivity contribution in [1.29, 1.82) is 0 Å². The van der Waals surface area contributed by atoms with Crippen LogP contribution in [0.4, 0.5) is 15.3 Å². The van der Waals surface area contributed by atoms with Crippen molar-refractivity contribution in [3.05, 3.63) is 24.3 Å². The van der Waals surface area contributed by atoms with Gasteiger partial charge in [-0.3, -0.25) is 4.79 Å². The summed E-state index contributed by atoms with van der Waals surface area (Å²) in [4.78, 5) is 46.2. The average Bonchev–Trinajstić information content (AvgIpc) is 2.85.